The van der Waals surface area contributed by atoms with Gasteiger partial charge in [-0.2, -0.15) is 0 Å². The number of piperidine rings is 1. The van der Waals surface area contributed by atoms with Crippen molar-refractivity contribution in [2.75, 3.05) is 6.54 Å². The second-order valence-electron chi connectivity index (χ2n) is 5.97. The molecule has 2 aromatic rings. The summed E-state index contributed by atoms with van der Waals surface area (Å²) in [5.74, 6) is -0.361. The maximum atomic E-state index is 14.0. The summed E-state index contributed by atoms with van der Waals surface area (Å²) in [6.07, 6.45) is 2.25. The largest absolute Gasteiger partial charge is 0.391 e. The Morgan fingerprint density at radius 3 is 2.91 bits per heavy atom. The van der Waals surface area contributed by atoms with Gasteiger partial charge in [0.1, 0.15) is 5.82 Å². The van der Waals surface area contributed by atoms with Gasteiger partial charge in [-0.1, -0.05) is 6.07 Å². The Bertz CT molecular complexity index is 710. The summed E-state index contributed by atoms with van der Waals surface area (Å²) in [7, 11) is 0. The van der Waals surface area contributed by atoms with E-state index in [0.717, 1.165) is 24.0 Å². The molecule has 0 bridgehead atoms. The van der Waals surface area contributed by atoms with E-state index < -0.39 is 6.10 Å². The number of carbonyl (C=O) groups is 1. The van der Waals surface area contributed by atoms with Crippen molar-refractivity contribution >= 4 is 27.3 Å². The molecule has 2 heterocycles. The van der Waals surface area contributed by atoms with Crippen LogP contribution in [0.25, 0.3) is 10.1 Å². The Kier molecular flexibility index (Phi) is 4.19. The third-order valence-electron chi connectivity index (χ3n) is 4.46. The molecule has 1 aromatic heterocycles. The van der Waals surface area contributed by atoms with Crippen LogP contribution in [0.15, 0.2) is 18.2 Å². The topological polar surface area (TPSA) is 40.5 Å². The van der Waals surface area contributed by atoms with E-state index in [0.29, 0.717) is 22.4 Å². The Balaban J connectivity index is 2.01. The molecule has 1 saturated heterocycles. The molecule has 1 amide bonds. The molecule has 3 nitrogen and oxygen atoms in total. The van der Waals surface area contributed by atoms with Crippen molar-refractivity contribution in [1.29, 1.82) is 0 Å². The van der Waals surface area contributed by atoms with Crippen LogP contribution >= 0.6 is 11.3 Å². The lowest BCUT2D eigenvalue weighted by atomic mass is 9.97. The van der Waals surface area contributed by atoms with Crippen LogP contribution in [-0.2, 0) is 0 Å². The first-order valence-electron chi connectivity index (χ1n) is 7.67. The van der Waals surface area contributed by atoms with E-state index in [-0.39, 0.29) is 17.8 Å². The Morgan fingerprint density at radius 1 is 1.45 bits per heavy atom. The molecule has 0 aliphatic carbocycles. The highest BCUT2D eigenvalue weighted by Gasteiger charge is 2.32. The highest BCUT2D eigenvalue weighted by Crippen LogP contribution is 2.34. The number of thiophene rings is 1. The lowest BCUT2D eigenvalue weighted by molar-refractivity contribution is 0.0284. The molecule has 2 unspecified atom stereocenters. The highest BCUT2D eigenvalue weighted by atomic mass is 32.1. The summed E-state index contributed by atoms with van der Waals surface area (Å²) in [5, 5.41) is 10.5. The van der Waals surface area contributed by atoms with Gasteiger partial charge in [-0.3, -0.25) is 4.79 Å². The SMILES string of the molecule is Cc1c(C(=O)N2CCCCC2C(C)O)sc2cccc(F)c12. The van der Waals surface area contributed by atoms with Crippen molar-refractivity contribution in [3.05, 3.63) is 34.5 Å². The number of aliphatic hydroxyl groups is 1. The quantitative estimate of drug-likeness (QED) is 0.916. The number of rotatable bonds is 2. The Labute approximate surface area is 133 Å². The standard InChI is InChI=1S/C17H20FNO2S/c1-10-15-12(18)6-5-8-14(15)22-16(10)17(21)19-9-4-3-7-13(19)11(2)20/h5-6,8,11,13,20H,3-4,7,9H2,1-2H3. The average molecular weight is 321 g/mol. The molecule has 2 atom stereocenters. The molecule has 118 valence electrons. The van der Waals surface area contributed by atoms with E-state index in [4.69, 9.17) is 0 Å². The van der Waals surface area contributed by atoms with Gasteiger partial charge >= 0.3 is 0 Å². The minimum Gasteiger partial charge on any atom is -0.391 e. The number of hydrogen-bond acceptors (Lipinski definition) is 3. The summed E-state index contributed by atoms with van der Waals surface area (Å²) < 4.78 is 14.8. The van der Waals surface area contributed by atoms with E-state index >= 15 is 0 Å². The number of carbonyl (C=O) groups excluding carboxylic acids is 1. The number of likely N-dealkylation sites (tertiary alicyclic amines) is 1. The van der Waals surface area contributed by atoms with E-state index in [1.807, 2.05) is 6.07 Å². The summed E-state index contributed by atoms with van der Waals surface area (Å²) >= 11 is 1.34. The van der Waals surface area contributed by atoms with E-state index in [2.05, 4.69) is 0 Å². The number of aliphatic hydroxyl groups excluding tert-OH is 1. The van der Waals surface area contributed by atoms with Gasteiger partial charge in [-0.25, -0.2) is 4.39 Å². The molecule has 1 aromatic carbocycles. The first kappa shape index (κ1) is 15.4. The van der Waals surface area contributed by atoms with Crippen molar-refractivity contribution in [1.82, 2.24) is 4.90 Å². The van der Waals surface area contributed by atoms with E-state index in [1.165, 1.54) is 17.4 Å². The third-order valence-corrected chi connectivity index (χ3v) is 5.71. The van der Waals surface area contributed by atoms with Crippen LogP contribution in [0, 0.1) is 12.7 Å². The number of aryl methyl sites for hydroxylation is 1. The zero-order valence-corrected chi connectivity index (χ0v) is 13.6. The first-order chi connectivity index (χ1) is 10.5. The predicted octanol–water partition coefficient (Wildman–Crippen LogP) is 3.72. The van der Waals surface area contributed by atoms with Crippen molar-refractivity contribution in [3.8, 4) is 0 Å². The highest BCUT2D eigenvalue weighted by molar-refractivity contribution is 7.21. The number of amides is 1. The van der Waals surface area contributed by atoms with E-state index in [1.54, 1.807) is 24.8 Å². The molecule has 0 saturated carbocycles. The van der Waals surface area contributed by atoms with Gasteiger partial charge in [0, 0.05) is 16.6 Å². The summed E-state index contributed by atoms with van der Waals surface area (Å²) in [5.41, 5.74) is 0.706. The molecule has 1 fully saturated rings. The molecule has 22 heavy (non-hydrogen) atoms. The molecular weight excluding hydrogens is 301 g/mol. The van der Waals surface area contributed by atoms with Crippen molar-refractivity contribution in [2.24, 2.45) is 0 Å². The molecule has 0 spiro atoms. The number of benzene rings is 1. The maximum absolute atomic E-state index is 14.0. The molecule has 5 heteroatoms. The second kappa shape index (κ2) is 5.97. The van der Waals surface area contributed by atoms with Crippen molar-refractivity contribution in [3.63, 3.8) is 0 Å². The van der Waals surface area contributed by atoms with E-state index in [9.17, 15) is 14.3 Å². The maximum Gasteiger partial charge on any atom is 0.264 e. The minimum atomic E-state index is -0.546. The second-order valence-corrected chi connectivity index (χ2v) is 7.02. The molecular formula is C17H20FNO2S. The van der Waals surface area contributed by atoms with Gasteiger partial charge in [0.25, 0.3) is 5.91 Å². The lowest BCUT2D eigenvalue weighted by Crippen LogP contribution is -2.48. The van der Waals surface area contributed by atoms with Crippen LogP contribution in [0.3, 0.4) is 0 Å². The van der Waals surface area contributed by atoms with Gasteiger partial charge in [-0.05, 0) is 50.8 Å². The smallest absolute Gasteiger partial charge is 0.264 e. The predicted molar refractivity (Wildman–Crippen MR) is 86.9 cm³/mol. The third kappa shape index (κ3) is 2.52. The monoisotopic (exact) mass is 321 g/mol. The van der Waals surface area contributed by atoms with Gasteiger partial charge in [0.15, 0.2) is 0 Å². The van der Waals surface area contributed by atoms with Crippen LogP contribution in [0.2, 0.25) is 0 Å². The van der Waals surface area contributed by atoms with Gasteiger partial charge in [0.05, 0.1) is 17.0 Å². The number of halogens is 1. The van der Waals surface area contributed by atoms with Crippen molar-refractivity contribution < 1.29 is 14.3 Å². The summed E-state index contributed by atoms with van der Waals surface area (Å²) in [6.45, 7) is 4.19. The van der Waals surface area contributed by atoms with Gasteiger partial charge < -0.3 is 10.0 Å². The minimum absolute atomic E-state index is 0.0799. The fourth-order valence-electron chi connectivity index (χ4n) is 3.30. The first-order valence-corrected chi connectivity index (χ1v) is 8.49. The molecule has 0 radical (unpaired) electrons. The average Bonchev–Trinajstić information content (AvgIpc) is 2.85. The number of fused-ring (bicyclic) bond motifs is 1. The van der Waals surface area contributed by atoms with Gasteiger partial charge in [-0.15, -0.1) is 11.3 Å². The van der Waals surface area contributed by atoms with Crippen molar-refractivity contribution in [2.45, 2.75) is 45.3 Å². The van der Waals surface area contributed by atoms with Crippen LogP contribution in [0.4, 0.5) is 4.39 Å². The molecule has 1 aliphatic rings. The molecule has 1 N–H and O–H groups in total. The summed E-state index contributed by atoms with van der Waals surface area (Å²) in [6, 6.07) is 4.79. The fourth-order valence-corrected chi connectivity index (χ4v) is 4.48. The zero-order chi connectivity index (χ0) is 15.9. The van der Waals surface area contributed by atoms with Crippen LogP contribution in [-0.4, -0.2) is 34.6 Å². The van der Waals surface area contributed by atoms with Crippen LogP contribution in [0.1, 0.15) is 41.4 Å². The number of nitrogens with zero attached hydrogens (tertiary/aromatic N) is 1. The Morgan fingerprint density at radius 2 is 2.23 bits per heavy atom. The van der Waals surface area contributed by atoms with Crippen LogP contribution < -0.4 is 0 Å². The normalized spacial score (nSPS) is 20.4. The van der Waals surface area contributed by atoms with Gasteiger partial charge in [0.2, 0.25) is 0 Å². The zero-order valence-electron chi connectivity index (χ0n) is 12.8. The molecule has 3 rings (SSSR count). The van der Waals surface area contributed by atoms with Crippen LogP contribution in [0.5, 0.6) is 0 Å². The fraction of sp³-hybridized carbons (Fsp3) is 0.471. The number of hydrogen-bond donors (Lipinski definition) is 1. The molecule has 1 aliphatic heterocycles. The summed E-state index contributed by atoms with van der Waals surface area (Å²) in [4.78, 5) is 15.3. The Hall–Kier alpha value is -1.46. The lowest BCUT2D eigenvalue weighted by Gasteiger charge is -2.37.